The van der Waals surface area contributed by atoms with Crippen molar-refractivity contribution in [3.05, 3.63) is 27.7 Å². The first-order chi connectivity index (χ1) is 9.29. The molecule has 1 fully saturated rings. The van der Waals surface area contributed by atoms with Gasteiger partial charge in [-0.2, -0.15) is 0 Å². The van der Waals surface area contributed by atoms with Crippen LogP contribution in [0.3, 0.4) is 0 Å². The monoisotopic (exact) mass is 360 g/mol. The Balaban J connectivity index is 2.26. The molecule has 1 amide bonds. The van der Waals surface area contributed by atoms with Crippen molar-refractivity contribution in [1.29, 1.82) is 0 Å². The molecule has 0 atom stereocenters. The first-order valence-electron chi connectivity index (χ1n) is 6.40. The highest BCUT2D eigenvalue weighted by molar-refractivity contribution is 9.10. The Morgan fingerprint density at radius 1 is 1.45 bits per heavy atom. The molecule has 0 aromatic heterocycles. The van der Waals surface area contributed by atoms with Crippen molar-refractivity contribution in [2.24, 2.45) is 11.1 Å². The van der Waals surface area contributed by atoms with Gasteiger partial charge in [-0.1, -0.05) is 22.4 Å². The van der Waals surface area contributed by atoms with E-state index in [0.29, 0.717) is 28.1 Å². The maximum Gasteiger partial charge on any atom is 0.251 e. The van der Waals surface area contributed by atoms with Crippen LogP contribution in [0.4, 0.5) is 0 Å². The summed E-state index contributed by atoms with van der Waals surface area (Å²) >= 11 is 3.21. The molecule has 7 heteroatoms. The molecular formula is C13H17BrN2O3S. The van der Waals surface area contributed by atoms with E-state index in [1.54, 1.807) is 13.0 Å². The van der Waals surface area contributed by atoms with Gasteiger partial charge in [0.05, 0.1) is 4.90 Å². The van der Waals surface area contributed by atoms with Gasteiger partial charge in [0.25, 0.3) is 5.91 Å². The average molecular weight is 361 g/mol. The number of hydrogen-bond donors (Lipinski definition) is 2. The number of halogens is 1. The number of nitrogens with two attached hydrogens (primary N) is 1. The van der Waals surface area contributed by atoms with E-state index in [9.17, 15) is 13.2 Å². The topological polar surface area (TPSA) is 89.3 Å². The Bertz CT molecular complexity index is 639. The lowest BCUT2D eigenvalue weighted by molar-refractivity contribution is 0.0938. The van der Waals surface area contributed by atoms with E-state index in [1.807, 2.05) is 0 Å². The zero-order valence-electron chi connectivity index (χ0n) is 11.1. The van der Waals surface area contributed by atoms with E-state index in [4.69, 9.17) is 5.14 Å². The van der Waals surface area contributed by atoms with Gasteiger partial charge >= 0.3 is 0 Å². The summed E-state index contributed by atoms with van der Waals surface area (Å²) in [5.74, 6) is 0.282. The van der Waals surface area contributed by atoms with Crippen LogP contribution in [0.15, 0.2) is 21.5 Å². The van der Waals surface area contributed by atoms with Crippen LogP contribution >= 0.6 is 15.9 Å². The number of benzene rings is 1. The maximum absolute atomic E-state index is 12.2. The number of hydrogen-bond acceptors (Lipinski definition) is 3. The molecule has 5 nitrogen and oxygen atoms in total. The summed E-state index contributed by atoms with van der Waals surface area (Å²) < 4.78 is 23.6. The number of primary sulfonamides is 1. The Morgan fingerprint density at radius 2 is 2.10 bits per heavy atom. The van der Waals surface area contributed by atoms with Crippen molar-refractivity contribution in [1.82, 2.24) is 5.32 Å². The molecule has 0 aliphatic heterocycles. The highest BCUT2D eigenvalue weighted by Crippen LogP contribution is 2.26. The number of rotatable bonds is 4. The minimum Gasteiger partial charge on any atom is -0.352 e. The van der Waals surface area contributed by atoms with Gasteiger partial charge in [-0.15, -0.1) is 0 Å². The molecule has 0 bridgehead atoms. The van der Waals surface area contributed by atoms with Gasteiger partial charge in [0.2, 0.25) is 10.0 Å². The second-order valence-electron chi connectivity index (χ2n) is 5.13. The fourth-order valence-corrected chi connectivity index (χ4v) is 3.65. The van der Waals surface area contributed by atoms with Crippen molar-refractivity contribution in [3.8, 4) is 0 Å². The van der Waals surface area contributed by atoms with Crippen LogP contribution in [-0.2, 0) is 10.0 Å². The van der Waals surface area contributed by atoms with Crippen molar-refractivity contribution >= 4 is 31.9 Å². The molecule has 110 valence electrons. The van der Waals surface area contributed by atoms with Crippen LogP contribution in [0, 0.1) is 12.8 Å². The minimum atomic E-state index is -3.85. The van der Waals surface area contributed by atoms with E-state index < -0.39 is 10.0 Å². The Morgan fingerprint density at radius 3 is 2.60 bits per heavy atom. The second kappa shape index (κ2) is 5.83. The number of amides is 1. The van der Waals surface area contributed by atoms with Gasteiger partial charge in [-0.3, -0.25) is 4.79 Å². The molecule has 2 rings (SSSR count). The van der Waals surface area contributed by atoms with E-state index >= 15 is 0 Å². The highest BCUT2D eigenvalue weighted by atomic mass is 79.9. The van der Waals surface area contributed by atoms with Crippen LogP contribution in [0.25, 0.3) is 0 Å². The normalized spacial score (nSPS) is 15.8. The van der Waals surface area contributed by atoms with Gasteiger partial charge < -0.3 is 5.32 Å². The molecule has 0 heterocycles. The fourth-order valence-electron chi connectivity index (χ4n) is 2.21. The standard InChI is InChI=1S/C13H17BrN2O3S/c1-8-11(13(17)16-7-9-3-2-4-9)5-10(14)6-12(8)20(15,18)19/h5-6,9H,2-4,7H2,1H3,(H,16,17)(H2,15,18,19). The molecule has 1 aliphatic rings. The third-order valence-electron chi connectivity index (χ3n) is 3.65. The summed E-state index contributed by atoms with van der Waals surface area (Å²) in [7, 11) is -3.85. The smallest absolute Gasteiger partial charge is 0.251 e. The van der Waals surface area contributed by atoms with Gasteiger partial charge in [0, 0.05) is 16.6 Å². The van der Waals surface area contributed by atoms with Crippen LogP contribution in [0.1, 0.15) is 35.2 Å². The van der Waals surface area contributed by atoms with Gasteiger partial charge in [0.1, 0.15) is 0 Å². The van der Waals surface area contributed by atoms with E-state index in [2.05, 4.69) is 21.2 Å². The zero-order chi connectivity index (χ0) is 14.9. The number of carbonyl (C=O) groups excluding carboxylic acids is 1. The summed E-state index contributed by atoms with van der Waals surface area (Å²) in [6.07, 6.45) is 3.49. The van der Waals surface area contributed by atoms with Crippen LogP contribution < -0.4 is 10.5 Å². The minimum absolute atomic E-state index is 0.0272. The molecule has 0 saturated heterocycles. The van der Waals surface area contributed by atoms with E-state index in [1.165, 1.54) is 12.5 Å². The summed E-state index contributed by atoms with van der Waals surface area (Å²) in [6, 6.07) is 3.02. The predicted octanol–water partition coefficient (Wildman–Crippen LogP) is 1.93. The van der Waals surface area contributed by atoms with Crippen LogP contribution in [0.5, 0.6) is 0 Å². The Kier molecular flexibility index (Phi) is 4.51. The largest absolute Gasteiger partial charge is 0.352 e. The molecule has 1 aromatic rings. The summed E-state index contributed by atoms with van der Waals surface area (Å²) in [5.41, 5.74) is 0.713. The van der Waals surface area contributed by atoms with Crippen molar-refractivity contribution in [2.45, 2.75) is 31.1 Å². The quantitative estimate of drug-likeness (QED) is 0.859. The number of carbonyl (C=O) groups is 1. The number of nitrogens with one attached hydrogen (secondary N) is 1. The molecule has 0 unspecified atom stereocenters. The average Bonchev–Trinajstić information content (AvgIpc) is 2.28. The molecule has 20 heavy (non-hydrogen) atoms. The SMILES string of the molecule is Cc1c(C(=O)NCC2CCC2)cc(Br)cc1S(N)(=O)=O. The molecule has 0 spiro atoms. The predicted molar refractivity (Wildman–Crippen MR) is 79.9 cm³/mol. The molecule has 1 saturated carbocycles. The van der Waals surface area contributed by atoms with Gasteiger partial charge in [-0.05, 0) is 43.4 Å². The maximum atomic E-state index is 12.2. The van der Waals surface area contributed by atoms with Crippen molar-refractivity contribution in [2.75, 3.05) is 6.54 Å². The second-order valence-corrected chi connectivity index (χ2v) is 7.57. The van der Waals surface area contributed by atoms with Gasteiger partial charge in [0.15, 0.2) is 0 Å². The summed E-state index contributed by atoms with van der Waals surface area (Å²) in [6.45, 7) is 2.22. The third kappa shape index (κ3) is 3.39. The molecule has 3 N–H and O–H groups in total. The summed E-state index contributed by atoms with van der Waals surface area (Å²) in [4.78, 5) is 12.1. The van der Waals surface area contributed by atoms with Crippen molar-refractivity contribution in [3.63, 3.8) is 0 Å². The lowest BCUT2D eigenvalue weighted by atomic mass is 9.85. The van der Waals surface area contributed by atoms with Crippen molar-refractivity contribution < 1.29 is 13.2 Å². The van der Waals surface area contributed by atoms with E-state index in [-0.39, 0.29) is 10.8 Å². The molecule has 0 radical (unpaired) electrons. The first-order valence-corrected chi connectivity index (χ1v) is 8.74. The Hall–Kier alpha value is -0.920. The van der Waals surface area contributed by atoms with Crippen LogP contribution in [0.2, 0.25) is 0 Å². The Labute approximate surface area is 127 Å². The molecule has 1 aliphatic carbocycles. The molecular weight excluding hydrogens is 344 g/mol. The first kappa shape index (κ1) is 15.5. The zero-order valence-corrected chi connectivity index (χ0v) is 13.6. The number of sulfonamides is 1. The lowest BCUT2D eigenvalue weighted by Crippen LogP contribution is -2.32. The highest BCUT2D eigenvalue weighted by Gasteiger charge is 2.21. The third-order valence-corrected chi connectivity index (χ3v) is 5.15. The molecule has 1 aromatic carbocycles. The lowest BCUT2D eigenvalue weighted by Gasteiger charge is -2.25. The summed E-state index contributed by atoms with van der Waals surface area (Å²) in [5, 5.41) is 8.02. The van der Waals surface area contributed by atoms with E-state index in [0.717, 1.165) is 12.8 Å². The fraction of sp³-hybridized carbons (Fsp3) is 0.462. The van der Waals surface area contributed by atoms with Gasteiger partial charge in [-0.25, -0.2) is 13.6 Å². The van der Waals surface area contributed by atoms with Crippen LogP contribution in [-0.4, -0.2) is 20.9 Å².